The summed E-state index contributed by atoms with van der Waals surface area (Å²) in [5.74, 6) is -1.31. The van der Waals surface area contributed by atoms with Crippen molar-refractivity contribution in [2.45, 2.75) is 6.92 Å². The Hall–Kier alpha value is -2.55. The fraction of sp³-hybridized carbons (Fsp3) is 0.231. The first-order valence-corrected chi connectivity index (χ1v) is 5.44. The average molecular weight is 264 g/mol. The van der Waals surface area contributed by atoms with Gasteiger partial charge in [0, 0.05) is 6.07 Å². The lowest BCUT2D eigenvalue weighted by atomic mass is 10.2. The SMILES string of the molecule is C=C(C(=O)OCC)N(C#N)c1ccc(F)c(OC)c1. The van der Waals surface area contributed by atoms with E-state index in [4.69, 9.17) is 14.7 Å². The van der Waals surface area contributed by atoms with Gasteiger partial charge in [-0.3, -0.25) is 0 Å². The molecule has 1 rings (SSSR count). The number of nitrogens with zero attached hydrogens (tertiary/aromatic N) is 2. The van der Waals surface area contributed by atoms with E-state index < -0.39 is 11.8 Å². The molecule has 1 aromatic rings. The molecule has 0 bridgehead atoms. The molecule has 0 aromatic heterocycles. The summed E-state index contributed by atoms with van der Waals surface area (Å²) in [6.07, 6.45) is 1.78. The first kappa shape index (κ1) is 14.5. The maximum atomic E-state index is 13.3. The average Bonchev–Trinajstić information content (AvgIpc) is 2.41. The van der Waals surface area contributed by atoms with Gasteiger partial charge >= 0.3 is 5.97 Å². The molecule has 0 N–H and O–H groups in total. The quantitative estimate of drug-likeness (QED) is 0.353. The molecule has 0 heterocycles. The molecule has 0 saturated heterocycles. The van der Waals surface area contributed by atoms with Gasteiger partial charge < -0.3 is 9.47 Å². The summed E-state index contributed by atoms with van der Waals surface area (Å²) >= 11 is 0. The molecule has 1 aromatic carbocycles. The number of rotatable bonds is 5. The van der Waals surface area contributed by atoms with Crippen molar-refractivity contribution in [2.75, 3.05) is 18.6 Å². The van der Waals surface area contributed by atoms with Gasteiger partial charge in [-0.1, -0.05) is 6.58 Å². The third-order valence-corrected chi connectivity index (χ3v) is 2.27. The van der Waals surface area contributed by atoms with Crippen molar-refractivity contribution >= 4 is 11.7 Å². The maximum Gasteiger partial charge on any atom is 0.355 e. The largest absolute Gasteiger partial charge is 0.494 e. The van der Waals surface area contributed by atoms with Crippen LogP contribution >= 0.6 is 0 Å². The molecule has 0 spiro atoms. The van der Waals surface area contributed by atoms with Gasteiger partial charge in [0.05, 0.1) is 19.4 Å². The lowest BCUT2D eigenvalue weighted by Gasteiger charge is -2.17. The van der Waals surface area contributed by atoms with Crippen LogP contribution in [0, 0.1) is 17.3 Å². The highest BCUT2D eigenvalue weighted by Crippen LogP contribution is 2.26. The Labute approximate surface area is 110 Å². The van der Waals surface area contributed by atoms with Crippen molar-refractivity contribution in [1.82, 2.24) is 0 Å². The maximum absolute atomic E-state index is 13.3. The number of ether oxygens (including phenoxy) is 2. The van der Waals surface area contributed by atoms with Crippen LogP contribution < -0.4 is 9.64 Å². The highest BCUT2D eigenvalue weighted by molar-refractivity contribution is 5.93. The van der Waals surface area contributed by atoms with E-state index in [9.17, 15) is 9.18 Å². The molecule has 0 aliphatic heterocycles. The van der Waals surface area contributed by atoms with Crippen LogP contribution in [0.4, 0.5) is 10.1 Å². The van der Waals surface area contributed by atoms with Gasteiger partial charge in [0.25, 0.3) is 0 Å². The summed E-state index contributed by atoms with van der Waals surface area (Å²) in [5, 5.41) is 9.07. The Bertz CT molecular complexity index is 537. The van der Waals surface area contributed by atoms with Crippen LogP contribution in [0.2, 0.25) is 0 Å². The smallest absolute Gasteiger partial charge is 0.355 e. The molecule has 100 valence electrons. The van der Waals surface area contributed by atoms with Crippen LogP contribution in [0.25, 0.3) is 0 Å². The molecular formula is C13H13FN2O3. The van der Waals surface area contributed by atoms with E-state index in [2.05, 4.69) is 6.58 Å². The van der Waals surface area contributed by atoms with Crippen LogP contribution in [-0.4, -0.2) is 19.7 Å². The van der Waals surface area contributed by atoms with Crippen LogP contribution in [0.3, 0.4) is 0 Å². The molecule has 6 heteroatoms. The second-order valence-corrected chi connectivity index (χ2v) is 3.42. The topological polar surface area (TPSA) is 62.6 Å². The molecular weight excluding hydrogens is 251 g/mol. The number of carbonyl (C=O) groups excluding carboxylic acids is 1. The van der Waals surface area contributed by atoms with E-state index >= 15 is 0 Å². The molecule has 0 aliphatic rings. The van der Waals surface area contributed by atoms with Gasteiger partial charge in [0.1, 0.15) is 5.70 Å². The molecule has 0 atom stereocenters. The zero-order valence-corrected chi connectivity index (χ0v) is 10.6. The Balaban J connectivity index is 3.08. The van der Waals surface area contributed by atoms with Crippen LogP contribution in [0.5, 0.6) is 5.75 Å². The van der Waals surface area contributed by atoms with Gasteiger partial charge in [0.2, 0.25) is 0 Å². The summed E-state index contributed by atoms with van der Waals surface area (Å²) in [6, 6.07) is 3.77. The summed E-state index contributed by atoms with van der Waals surface area (Å²) in [4.78, 5) is 12.5. The van der Waals surface area contributed by atoms with Crippen LogP contribution in [0.1, 0.15) is 6.92 Å². The third-order valence-electron chi connectivity index (χ3n) is 2.27. The van der Waals surface area contributed by atoms with E-state index in [1.54, 1.807) is 13.1 Å². The number of anilines is 1. The van der Waals surface area contributed by atoms with Gasteiger partial charge in [-0.25, -0.2) is 14.1 Å². The second-order valence-electron chi connectivity index (χ2n) is 3.42. The molecule has 0 saturated carbocycles. The number of esters is 1. The molecule has 0 radical (unpaired) electrons. The van der Waals surface area contributed by atoms with Gasteiger partial charge in [-0.15, -0.1) is 0 Å². The highest BCUT2D eigenvalue weighted by Gasteiger charge is 2.19. The van der Waals surface area contributed by atoms with Gasteiger partial charge in [-0.2, -0.15) is 5.26 Å². The Morgan fingerprint density at radius 1 is 1.58 bits per heavy atom. The third kappa shape index (κ3) is 3.22. The van der Waals surface area contributed by atoms with Crippen LogP contribution in [-0.2, 0) is 9.53 Å². The number of hydrogen-bond acceptors (Lipinski definition) is 5. The van der Waals surface area contributed by atoms with Crippen molar-refractivity contribution in [3.8, 4) is 11.9 Å². The Kier molecular flexibility index (Phi) is 4.89. The van der Waals surface area contributed by atoms with E-state index in [0.29, 0.717) is 0 Å². The Morgan fingerprint density at radius 3 is 2.79 bits per heavy atom. The number of halogens is 1. The summed E-state index contributed by atoms with van der Waals surface area (Å²) in [7, 11) is 1.30. The first-order chi connectivity index (χ1) is 9.04. The predicted molar refractivity (Wildman–Crippen MR) is 66.8 cm³/mol. The lowest BCUT2D eigenvalue weighted by Crippen LogP contribution is -2.23. The highest BCUT2D eigenvalue weighted by atomic mass is 19.1. The zero-order valence-electron chi connectivity index (χ0n) is 10.6. The van der Waals surface area contributed by atoms with Crippen molar-refractivity contribution in [3.05, 3.63) is 36.3 Å². The van der Waals surface area contributed by atoms with E-state index in [0.717, 1.165) is 11.0 Å². The standard InChI is InChI=1S/C13H13FN2O3/c1-4-19-13(17)9(2)16(8-15)10-5-6-11(14)12(7-10)18-3/h5-7H,2,4H2,1,3H3. The molecule has 0 aliphatic carbocycles. The second kappa shape index (κ2) is 6.40. The molecule has 0 fully saturated rings. The molecule has 19 heavy (non-hydrogen) atoms. The summed E-state index contributed by atoms with van der Waals surface area (Å²) < 4.78 is 22.8. The lowest BCUT2D eigenvalue weighted by molar-refractivity contribution is -0.138. The van der Waals surface area contributed by atoms with Crippen molar-refractivity contribution < 1.29 is 18.7 Å². The number of carbonyl (C=O) groups is 1. The zero-order chi connectivity index (χ0) is 14.4. The van der Waals surface area contributed by atoms with E-state index in [-0.39, 0.29) is 23.7 Å². The minimum atomic E-state index is -0.715. The number of methoxy groups -OCH3 is 1. The van der Waals surface area contributed by atoms with Crippen LogP contribution in [0.15, 0.2) is 30.5 Å². The number of nitriles is 1. The normalized spacial score (nSPS) is 9.37. The first-order valence-electron chi connectivity index (χ1n) is 5.44. The van der Waals surface area contributed by atoms with E-state index in [1.165, 1.54) is 19.2 Å². The number of benzene rings is 1. The number of hydrogen-bond donors (Lipinski definition) is 0. The summed E-state index contributed by atoms with van der Waals surface area (Å²) in [5.41, 5.74) is 0.108. The van der Waals surface area contributed by atoms with Gasteiger partial charge in [0.15, 0.2) is 17.8 Å². The minimum Gasteiger partial charge on any atom is -0.494 e. The van der Waals surface area contributed by atoms with Gasteiger partial charge in [-0.05, 0) is 19.1 Å². The molecule has 5 nitrogen and oxygen atoms in total. The fourth-order valence-electron chi connectivity index (χ4n) is 1.37. The Morgan fingerprint density at radius 2 is 2.26 bits per heavy atom. The van der Waals surface area contributed by atoms with Crippen molar-refractivity contribution in [2.24, 2.45) is 0 Å². The van der Waals surface area contributed by atoms with Crippen molar-refractivity contribution in [1.29, 1.82) is 5.26 Å². The van der Waals surface area contributed by atoms with Crippen molar-refractivity contribution in [3.63, 3.8) is 0 Å². The minimum absolute atomic E-state index is 0.0330. The molecule has 0 amide bonds. The fourth-order valence-corrected chi connectivity index (χ4v) is 1.37. The van der Waals surface area contributed by atoms with E-state index in [1.807, 2.05) is 0 Å². The molecule has 0 unspecified atom stereocenters. The predicted octanol–water partition coefficient (Wildman–Crippen LogP) is 2.20. The monoisotopic (exact) mass is 264 g/mol. The summed E-state index contributed by atoms with van der Waals surface area (Å²) in [6.45, 7) is 5.31.